The highest BCUT2D eigenvalue weighted by molar-refractivity contribution is 6.31. The van der Waals surface area contributed by atoms with Gasteiger partial charge in [-0.15, -0.1) is 0 Å². The van der Waals surface area contributed by atoms with E-state index in [1.165, 1.54) is 0 Å². The SMILES string of the molecule is O=C(Nc1ncccc1OCc1ccccc1)c1cccc(Cl)c1. The summed E-state index contributed by atoms with van der Waals surface area (Å²) in [6.45, 7) is 0.395. The molecule has 0 aliphatic heterocycles. The molecule has 1 amide bonds. The van der Waals surface area contributed by atoms with Crippen LogP contribution in [0.2, 0.25) is 5.02 Å². The molecule has 0 unspecified atom stereocenters. The highest BCUT2D eigenvalue weighted by Crippen LogP contribution is 2.23. The number of halogens is 1. The number of hydrogen-bond donors (Lipinski definition) is 1. The normalized spacial score (nSPS) is 10.2. The molecule has 1 heterocycles. The lowest BCUT2D eigenvalue weighted by atomic mass is 10.2. The molecule has 0 bridgehead atoms. The summed E-state index contributed by atoms with van der Waals surface area (Å²) in [6, 6.07) is 20.0. The molecule has 0 aliphatic rings. The Morgan fingerprint density at radius 2 is 1.88 bits per heavy atom. The monoisotopic (exact) mass is 338 g/mol. The van der Waals surface area contributed by atoms with Crippen molar-refractivity contribution in [3.63, 3.8) is 0 Å². The molecular weight excluding hydrogens is 324 g/mol. The smallest absolute Gasteiger partial charge is 0.256 e. The number of aromatic nitrogens is 1. The van der Waals surface area contributed by atoms with Crippen molar-refractivity contribution in [3.05, 3.63) is 89.1 Å². The van der Waals surface area contributed by atoms with Gasteiger partial charge in [0.1, 0.15) is 6.61 Å². The summed E-state index contributed by atoms with van der Waals surface area (Å²) in [5, 5.41) is 3.26. The molecule has 5 heteroatoms. The summed E-state index contributed by atoms with van der Waals surface area (Å²) < 4.78 is 5.78. The second-order valence-electron chi connectivity index (χ2n) is 5.09. The van der Waals surface area contributed by atoms with E-state index in [2.05, 4.69) is 10.3 Å². The Labute approximate surface area is 145 Å². The number of hydrogen-bond acceptors (Lipinski definition) is 3. The molecule has 3 rings (SSSR count). The fourth-order valence-corrected chi connectivity index (χ4v) is 2.34. The van der Waals surface area contributed by atoms with E-state index >= 15 is 0 Å². The van der Waals surface area contributed by atoms with Crippen LogP contribution in [0, 0.1) is 0 Å². The van der Waals surface area contributed by atoms with Crippen LogP contribution in [0.1, 0.15) is 15.9 Å². The van der Waals surface area contributed by atoms with Crippen LogP contribution in [0.5, 0.6) is 5.75 Å². The second-order valence-corrected chi connectivity index (χ2v) is 5.53. The van der Waals surface area contributed by atoms with E-state index < -0.39 is 0 Å². The van der Waals surface area contributed by atoms with Gasteiger partial charge in [-0.3, -0.25) is 4.79 Å². The van der Waals surface area contributed by atoms with Gasteiger partial charge >= 0.3 is 0 Å². The molecule has 3 aromatic rings. The summed E-state index contributed by atoms with van der Waals surface area (Å²) in [5.74, 6) is 0.593. The number of benzene rings is 2. The maximum atomic E-state index is 12.3. The fraction of sp³-hybridized carbons (Fsp3) is 0.0526. The van der Waals surface area contributed by atoms with Crippen molar-refractivity contribution in [2.45, 2.75) is 6.61 Å². The first kappa shape index (κ1) is 16.0. The zero-order chi connectivity index (χ0) is 16.8. The van der Waals surface area contributed by atoms with Gasteiger partial charge in [0.25, 0.3) is 5.91 Å². The predicted octanol–water partition coefficient (Wildman–Crippen LogP) is 4.57. The highest BCUT2D eigenvalue weighted by Gasteiger charge is 2.11. The maximum absolute atomic E-state index is 12.3. The molecule has 1 N–H and O–H groups in total. The summed E-state index contributed by atoms with van der Waals surface area (Å²) in [7, 11) is 0. The minimum absolute atomic E-state index is 0.291. The van der Waals surface area contributed by atoms with Crippen molar-refractivity contribution < 1.29 is 9.53 Å². The number of nitrogens with one attached hydrogen (secondary N) is 1. The van der Waals surface area contributed by atoms with Crippen molar-refractivity contribution in [1.29, 1.82) is 0 Å². The molecule has 1 aromatic heterocycles. The molecule has 120 valence electrons. The third-order valence-electron chi connectivity index (χ3n) is 3.33. The average Bonchev–Trinajstić information content (AvgIpc) is 2.62. The van der Waals surface area contributed by atoms with E-state index in [1.54, 1.807) is 42.6 Å². The Hall–Kier alpha value is -2.85. The van der Waals surface area contributed by atoms with Gasteiger partial charge in [-0.1, -0.05) is 48.0 Å². The summed E-state index contributed by atoms with van der Waals surface area (Å²) in [4.78, 5) is 16.5. The lowest BCUT2D eigenvalue weighted by Crippen LogP contribution is -2.14. The average molecular weight is 339 g/mol. The molecular formula is C19H15ClN2O2. The number of ether oxygens (including phenoxy) is 1. The van der Waals surface area contributed by atoms with Gasteiger partial charge < -0.3 is 10.1 Å². The van der Waals surface area contributed by atoms with E-state index in [0.29, 0.717) is 28.8 Å². The summed E-state index contributed by atoms with van der Waals surface area (Å²) in [5.41, 5.74) is 1.50. The van der Waals surface area contributed by atoms with E-state index in [9.17, 15) is 4.79 Å². The lowest BCUT2D eigenvalue weighted by Gasteiger charge is -2.11. The molecule has 0 saturated heterocycles. The summed E-state index contributed by atoms with van der Waals surface area (Å²) in [6.07, 6.45) is 1.60. The van der Waals surface area contributed by atoms with Gasteiger partial charge in [-0.05, 0) is 35.9 Å². The van der Waals surface area contributed by atoms with E-state index in [1.807, 2.05) is 30.3 Å². The first-order chi connectivity index (χ1) is 11.7. The van der Waals surface area contributed by atoms with Gasteiger partial charge in [0.2, 0.25) is 0 Å². The largest absolute Gasteiger partial charge is 0.485 e. The highest BCUT2D eigenvalue weighted by atomic mass is 35.5. The number of amides is 1. The van der Waals surface area contributed by atoms with Crippen LogP contribution in [0.4, 0.5) is 5.82 Å². The Morgan fingerprint density at radius 1 is 1.04 bits per heavy atom. The zero-order valence-electron chi connectivity index (χ0n) is 12.8. The standard InChI is InChI=1S/C19H15ClN2O2/c20-16-9-4-8-15(12-16)19(23)22-18-17(10-5-11-21-18)24-13-14-6-2-1-3-7-14/h1-12H,13H2,(H,21,22,23). The quantitative estimate of drug-likeness (QED) is 0.741. The first-order valence-electron chi connectivity index (χ1n) is 7.41. The molecule has 0 fully saturated rings. The van der Waals surface area contributed by atoms with Crippen LogP contribution >= 0.6 is 11.6 Å². The molecule has 0 saturated carbocycles. The number of rotatable bonds is 5. The van der Waals surface area contributed by atoms with Gasteiger partial charge in [0.05, 0.1) is 0 Å². The number of nitrogens with zero attached hydrogens (tertiary/aromatic N) is 1. The van der Waals surface area contributed by atoms with Gasteiger partial charge in [-0.25, -0.2) is 4.98 Å². The number of anilines is 1. The van der Waals surface area contributed by atoms with E-state index in [0.717, 1.165) is 5.56 Å². The van der Waals surface area contributed by atoms with Crippen LogP contribution in [-0.4, -0.2) is 10.9 Å². The minimum atomic E-state index is -0.291. The summed E-state index contributed by atoms with van der Waals surface area (Å²) >= 11 is 5.92. The van der Waals surface area contributed by atoms with Gasteiger partial charge in [0, 0.05) is 16.8 Å². The Bertz CT molecular complexity index is 838. The third kappa shape index (κ3) is 4.12. The van der Waals surface area contributed by atoms with Crippen molar-refractivity contribution >= 4 is 23.3 Å². The van der Waals surface area contributed by atoms with Crippen molar-refractivity contribution in [2.75, 3.05) is 5.32 Å². The van der Waals surface area contributed by atoms with Gasteiger partial charge in [-0.2, -0.15) is 0 Å². The second kappa shape index (κ2) is 7.62. The maximum Gasteiger partial charge on any atom is 0.256 e. The predicted molar refractivity (Wildman–Crippen MR) is 94.4 cm³/mol. The van der Waals surface area contributed by atoms with Crippen LogP contribution < -0.4 is 10.1 Å². The number of carbonyl (C=O) groups excluding carboxylic acids is 1. The Morgan fingerprint density at radius 3 is 2.67 bits per heavy atom. The molecule has 0 radical (unpaired) electrons. The molecule has 2 aromatic carbocycles. The Kier molecular flexibility index (Phi) is 5.08. The van der Waals surface area contributed by atoms with Crippen LogP contribution in [0.3, 0.4) is 0 Å². The van der Waals surface area contributed by atoms with Crippen LogP contribution in [0.25, 0.3) is 0 Å². The van der Waals surface area contributed by atoms with E-state index in [4.69, 9.17) is 16.3 Å². The third-order valence-corrected chi connectivity index (χ3v) is 3.56. The fourth-order valence-electron chi connectivity index (χ4n) is 2.15. The zero-order valence-corrected chi connectivity index (χ0v) is 13.5. The number of carbonyl (C=O) groups is 1. The molecule has 0 atom stereocenters. The first-order valence-corrected chi connectivity index (χ1v) is 7.79. The minimum Gasteiger partial charge on any atom is -0.485 e. The molecule has 4 nitrogen and oxygen atoms in total. The van der Waals surface area contributed by atoms with Gasteiger partial charge in [0.15, 0.2) is 11.6 Å². The van der Waals surface area contributed by atoms with Crippen LogP contribution in [-0.2, 0) is 6.61 Å². The van der Waals surface area contributed by atoms with Crippen LogP contribution in [0.15, 0.2) is 72.9 Å². The van der Waals surface area contributed by atoms with Crippen molar-refractivity contribution in [1.82, 2.24) is 4.98 Å². The number of pyridine rings is 1. The molecule has 24 heavy (non-hydrogen) atoms. The molecule has 0 aliphatic carbocycles. The van der Waals surface area contributed by atoms with Crippen molar-refractivity contribution in [2.24, 2.45) is 0 Å². The lowest BCUT2D eigenvalue weighted by molar-refractivity contribution is 0.102. The van der Waals surface area contributed by atoms with Crippen molar-refractivity contribution in [3.8, 4) is 5.75 Å². The topological polar surface area (TPSA) is 51.2 Å². The molecule has 0 spiro atoms. The Balaban J connectivity index is 1.73. The van der Waals surface area contributed by atoms with E-state index in [-0.39, 0.29) is 5.91 Å².